The van der Waals surface area contributed by atoms with E-state index >= 15 is 0 Å². The Bertz CT molecular complexity index is 824. The zero-order valence-electron chi connectivity index (χ0n) is 13.8. The summed E-state index contributed by atoms with van der Waals surface area (Å²) < 4.78 is 7.97. The number of nitrogen functional groups attached to an aromatic ring is 1. The summed E-state index contributed by atoms with van der Waals surface area (Å²) in [5, 5.41) is 0. The molecular formula is C18H22N4O. The molecule has 23 heavy (non-hydrogen) atoms. The SMILES string of the molecule is Cc1nc(N)c2nc(C)n(CCOCc3ccccc3)c2c1C. The van der Waals surface area contributed by atoms with Gasteiger partial charge in [-0.1, -0.05) is 30.3 Å². The number of benzene rings is 1. The van der Waals surface area contributed by atoms with E-state index in [-0.39, 0.29) is 0 Å². The fourth-order valence-corrected chi connectivity index (χ4v) is 2.81. The molecule has 2 N–H and O–H groups in total. The number of nitrogens with zero attached hydrogens (tertiary/aromatic N) is 3. The lowest BCUT2D eigenvalue weighted by molar-refractivity contribution is 0.113. The Labute approximate surface area is 136 Å². The molecule has 0 radical (unpaired) electrons. The van der Waals surface area contributed by atoms with Crippen LogP contribution in [0.4, 0.5) is 5.82 Å². The minimum Gasteiger partial charge on any atom is -0.382 e. The Hall–Kier alpha value is -2.40. The monoisotopic (exact) mass is 310 g/mol. The van der Waals surface area contributed by atoms with Gasteiger partial charge in [0.05, 0.1) is 18.7 Å². The first-order valence-corrected chi connectivity index (χ1v) is 7.79. The number of rotatable bonds is 5. The maximum Gasteiger partial charge on any atom is 0.151 e. The lowest BCUT2D eigenvalue weighted by atomic mass is 10.2. The van der Waals surface area contributed by atoms with Gasteiger partial charge in [0.1, 0.15) is 11.3 Å². The van der Waals surface area contributed by atoms with Gasteiger partial charge in [0.25, 0.3) is 0 Å². The van der Waals surface area contributed by atoms with Gasteiger partial charge in [-0.25, -0.2) is 9.97 Å². The summed E-state index contributed by atoms with van der Waals surface area (Å²) in [5.74, 6) is 1.43. The molecule has 0 atom stereocenters. The summed E-state index contributed by atoms with van der Waals surface area (Å²) in [5.41, 5.74) is 11.1. The summed E-state index contributed by atoms with van der Waals surface area (Å²) in [6.45, 7) is 8.02. The van der Waals surface area contributed by atoms with E-state index in [4.69, 9.17) is 10.5 Å². The highest BCUT2D eigenvalue weighted by atomic mass is 16.5. The molecule has 120 valence electrons. The molecular weight excluding hydrogens is 288 g/mol. The molecule has 2 aromatic heterocycles. The second-order valence-electron chi connectivity index (χ2n) is 5.75. The minimum atomic E-state index is 0.496. The van der Waals surface area contributed by atoms with Crippen LogP contribution in [0.3, 0.4) is 0 Å². The summed E-state index contributed by atoms with van der Waals surface area (Å²) in [7, 11) is 0. The zero-order chi connectivity index (χ0) is 16.4. The third-order valence-electron chi connectivity index (χ3n) is 4.16. The van der Waals surface area contributed by atoms with E-state index in [2.05, 4.69) is 33.6 Å². The second kappa shape index (κ2) is 6.38. The average Bonchev–Trinajstić information content (AvgIpc) is 2.88. The van der Waals surface area contributed by atoms with Crippen molar-refractivity contribution in [3.63, 3.8) is 0 Å². The van der Waals surface area contributed by atoms with E-state index in [1.165, 1.54) is 5.56 Å². The van der Waals surface area contributed by atoms with E-state index < -0.39 is 0 Å². The first kappa shape index (κ1) is 15.5. The molecule has 0 aliphatic rings. The highest BCUT2D eigenvalue weighted by Crippen LogP contribution is 2.25. The van der Waals surface area contributed by atoms with E-state index in [9.17, 15) is 0 Å². The number of pyridine rings is 1. The van der Waals surface area contributed by atoms with Crippen molar-refractivity contribution in [2.24, 2.45) is 0 Å². The fraction of sp³-hybridized carbons (Fsp3) is 0.333. The molecule has 0 bridgehead atoms. The zero-order valence-corrected chi connectivity index (χ0v) is 13.8. The fourth-order valence-electron chi connectivity index (χ4n) is 2.81. The van der Waals surface area contributed by atoms with E-state index in [0.717, 1.165) is 34.7 Å². The van der Waals surface area contributed by atoms with Gasteiger partial charge in [0.15, 0.2) is 5.82 Å². The van der Waals surface area contributed by atoms with Gasteiger partial charge in [0, 0.05) is 12.2 Å². The molecule has 0 aliphatic carbocycles. The Balaban J connectivity index is 1.76. The van der Waals surface area contributed by atoms with Crippen LogP contribution in [-0.4, -0.2) is 21.1 Å². The largest absolute Gasteiger partial charge is 0.382 e. The Morgan fingerprint density at radius 3 is 2.57 bits per heavy atom. The van der Waals surface area contributed by atoms with Gasteiger partial charge in [-0.2, -0.15) is 0 Å². The molecule has 2 heterocycles. The van der Waals surface area contributed by atoms with Crippen molar-refractivity contribution in [3.8, 4) is 0 Å². The average molecular weight is 310 g/mol. The van der Waals surface area contributed by atoms with Crippen LogP contribution in [0.25, 0.3) is 11.0 Å². The minimum absolute atomic E-state index is 0.496. The molecule has 3 aromatic rings. The van der Waals surface area contributed by atoms with Gasteiger partial charge in [0.2, 0.25) is 0 Å². The molecule has 0 unspecified atom stereocenters. The molecule has 0 saturated heterocycles. The van der Waals surface area contributed by atoms with Crippen LogP contribution in [0.1, 0.15) is 22.6 Å². The van der Waals surface area contributed by atoms with Crippen molar-refractivity contribution < 1.29 is 4.74 Å². The van der Waals surface area contributed by atoms with Crippen LogP contribution >= 0.6 is 0 Å². The number of anilines is 1. The highest BCUT2D eigenvalue weighted by Gasteiger charge is 2.15. The smallest absolute Gasteiger partial charge is 0.151 e. The molecule has 0 fully saturated rings. The first-order valence-electron chi connectivity index (χ1n) is 7.79. The van der Waals surface area contributed by atoms with Crippen molar-refractivity contribution in [1.82, 2.24) is 14.5 Å². The standard InChI is InChI=1S/C18H22N4O/c1-12-13(2)20-18(19)16-17(12)22(14(3)21-16)9-10-23-11-15-7-5-4-6-8-15/h4-8H,9-11H2,1-3H3,(H2,19,20). The number of imidazole rings is 1. The second-order valence-corrected chi connectivity index (χ2v) is 5.75. The van der Waals surface area contributed by atoms with Crippen LogP contribution in [0.2, 0.25) is 0 Å². The number of hydrogen-bond donors (Lipinski definition) is 1. The predicted octanol–water partition coefficient (Wildman–Crippen LogP) is 3.16. The van der Waals surface area contributed by atoms with Crippen molar-refractivity contribution in [1.29, 1.82) is 0 Å². The molecule has 0 amide bonds. The molecule has 1 aromatic carbocycles. The van der Waals surface area contributed by atoms with Crippen molar-refractivity contribution >= 4 is 16.9 Å². The number of hydrogen-bond acceptors (Lipinski definition) is 4. The van der Waals surface area contributed by atoms with Crippen molar-refractivity contribution in [2.75, 3.05) is 12.3 Å². The number of fused-ring (bicyclic) bond motifs is 1. The Morgan fingerprint density at radius 2 is 1.83 bits per heavy atom. The van der Waals surface area contributed by atoms with Gasteiger partial charge < -0.3 is 15.0 Å². The normalized spacial score (nSPS) is 11.3. The highest BCUT2D eigenvalue weighted by molar-refractivity contribution is 5.88. The number of nitrogens with two attached hydrogens (primary N) is 1. The third kappa shape index (κ3) is 3.05. The number of aryl methyl sites for hydroxylation is 3. The lowest BCUT2D eigenvalue weighted by Gasteiger charge is -2.11. The van der Waals surface area contributed by atoms with E-state index in [1.807, 2.05) is 32.0 Å². The summed E-state index contributed by atoms with van der Waals surface area (Å²) in [4.78, 5) is 8.93. The van der Waals surface area contributed by atoms with Gasteiger partial charge in [-0.05, 0) is 31.9 Å². The van der Waals surface area contributed by atoms with Crippen LogP contribution in [0.5, 0.6) is 0 Å². The van der Waals surface area contributed by atoms with E-state index in [1.54, 1.807) is 0 Å². The number of ether oxygens (including phenoxy) is 1. The maximum absolute atomic E-state index is 6.02. The maximum atomic E-state index is 6.02. The predicted molar refractivity (Wildman–Crippen MR) is 92.2 cm³/mol. The quantitative estimate of drug-likeness (QED) is 0.735. The molecule has 5 heteroatoms. The molecule has 5 nitrogen and oxygen atoms in total. The van der Waals surface area contributed by atoms with Crippen molar-refractivity contribution in [3.05, 3.63) is 53.0 Å². The van der Waals surface area contributed by atoms with Crippen LogP contribution in [0, 0.1) is 20.8 Å². The lowest BCUT2D eigenvalue weighted by Crippen LogP contribution is -2.09. The van der Waals surface area contributed by atoms with Crippen LogP contribution in [0.15, 0.2) is 30.3 Å². The van der Waals surface area contributed by atoms with Crippen LogP contribution < -0.4 is 5.73 Å². The van der Waals surface area contributed by atoms with Gasteiger partial charge >= 0.3 is 0 Å². The van der Waals surface area contributed by atoms with Crippen LogP contribution in [-0.2, 0) is 17.9 Å². The summed E-state index contributed by atoms with van der Waals surface area (Å²) in [6, 6.07) is 10.2. The molecule has 0 spiro atoms. The Morgan fingerprint density at radius 1 is 1.09 bits per heavy atom. The van der Waals surface area contributed by atoms with Crippen molar-refractivity contribution in [2.45, 2.75) is 33.9 Å². The Kier molecular flexibility index (Phi) is 4.30. The van der Waals surface area contributed by atoms with Gasteiger partial charge in [-0.15, -0.1) is 0 Å². The first-order chi connectivity index (χ1) is 11.1. The summed E-state index contributed by atoms with van der Waals surface area (Å²) in [6.07, 6.45) is 0. The summed E-state index contributed by atoms with van der Waals surface area (Å²) >= 11 is 0. The molecule has 0 aliphatic heterocycles. The van der Waals surface area contributed by atoms with E-state index in [0.29, 0.717) is 19.0 Å². The number of aromatic nitrogens is 3. The molecule has 0 saturated carbocycles. The molecule has 3 rings (SSSR count). The third-order valence-corrected chi connectivity index (χ3v) is 4.16. The van der Waals surface area contributed by atoms with Gasteiger partial charge in [-0.3, -0.25) is 0 Å². The topological polar surface area (TPSA) is 66.0 Å².